The van der Waals surface area contributed by atoms with Gasteiger partial charge < -0.3 is 10.4 Å². The molecule has 0 aromatic heterocycles. The fraction of sp³-hybridized carbons (Fsp3) is 1.00. The van der Waals surface area contributed by atoms with E-state index in [-0.39, 0.29) is 12.1 Å². The molecule has 4 heteroatoms. The van der Waals surface area contributed by atoms with Gasteiger partial charge >= 0.3 is 0 Å². The minimum Gasteiger partial charge on any atom is -0.394 e. The Bertz CT molecular complexity index is 319. The van der Waals surface area contributed by atoms with Crippen LogP contribution in [0.15, 0.2) is 0 Å². The predicted molar refractivity (Wildman–Crippen MR) is 81.9 cm³/mol. The summed E-state index contributed by atoms with van der Waals surface area (Å²) in [4.78, 5) is 5.44. The van der Waals surface area contributed by atoms with E-state index in [0.717, 1.165) is 18.9 Å². The lowest BCUT2D eigenvalue weighted by atomic mass is 9.78. The van der Waals surface area contributed by atoms with Crippen molar-refractivity contribution >= 4 is 0 Å². The standard InChI is InChI=1S/C16H31N3O/c1-17-16(13-20)7-4-6-14(11-16)19-10-9-18-8-3-2-5-15(18)12-19/h14-15,17,20H,2-13H2,1H3. The fourth-order valence-electron chi connectivity index (χ4n) is 4.60. The lowest BCUT2D eigenvalue weighted by molar-refractivity contribution is -0.00150. The molecule has 3 fully saturated rings. The Morgan fingerprint density at radius 2 is 1.85 bits per heavy atom. The maximum absolute atomic E-state index is 9.76. The van der Waals surface area contributed by atoms with Gasteiger partial charge in [0.2, 0.25) is 0 Å². The third kappa shape index (κ3) is 2.89. The first kappa shape index (κ1) is 14.8. The second-order valence-corrected chi connectivity index (χ2v) is 7.12. The van der Waals surface area contributed by atoms with Gasteiger partial charge in [0.25, 0.3) is 0 Å². The molecule has 4 nitrogen and oxygen atoms in total. The Labute approximate surface area is 123 Å². The van der Waals surface area contributed by atoms with Crippen LogP contribution in [0.25, 0.3) is 0 Å². The van der Waals surface area contributed by atoms with Gasteiger partial charge in [-0.25, -0.2) is 0 Å². The summed E-state index contributed by atoms with van der Waals surface area (Å²) in [5, 5.41) is 13.2. The Morgan fingerprint density at radius 3 is 2.65 bits per heavy atom. The summed E-state index contributed by atoms with van der Waals surface area (Å²) in [5.74, 6) is 0. The highest BCUT2D eigenvalue weighted by molar-refractivity contribution is 4.97. The normalized spacial score (nSPS) is 40.5. The van der Waals surface area contributed by atoms with E-state index in [4.69, 9.17) is 0 Å². The van der Waals surface area contributed by atoms with E-state index < -0.39 is 0 Å². The summed E-state index contributed by atoms with van der Waals surface area (Å²) >= 11 is 0. The number of nitrogens with one attached hydrogen (secondary N) is 1. The molecule has 1 saturated carbocycles. The van der Waals surface area contributed by atoms with Gasteiger partial charge in [-0.05, 0) is 52.1 Å². The summed E-state index contributed by atoms with van der Waals surface area (Å²) in [6.07, 6.45) is 9.00. The maximum Gasteiger partial charge on any atom is 0.0613 e. The second kappa shape index (κ2) is 6.30. The molecule has 0 aromatic rings. The van der Waals surface area contributed by atoms with Crippen LogP contribution in [0.1, 0.15) is 44.9 Å². The first-order chi connectivity index (χ1) is 9.76. The molecule has 0 spiro atoms. The third-order valence-electron chi connectivity index (χ3n) is 6.04. The van der Waals surface area contributed by atoms with Gasteiger partial charge in [-0.15, -0.1) is 0 Å². The van der Waals surface area contributed by atoms with Crippen LogP contribution in [0.5, 0.6) is 0 Å². The third-order valence-corrected chi connectivity index (χ3v) is 6.04. The average molecular weight is 281 g/mol. The molecule has 0 aromatic carbocycles. The van der Waals surface area contributed by atoms with Crippen LogP contribution >= 0.6 is 0 Å². The molecule has 2 saturated heterocycles. The van der Waals surface area contributed by atoms with Crippen molar-refractivity contribution in [3.05, 3.63) is 0 Å². The number of hydrogen-bond donors (Lipinski definition) is 2. The zero-order valence-corrected chi connectivity index (χ0v) is 13.0. The SMILES string of the molecule is CNC1(CO)CCCC(N2CCN3CCCCC3C2)C1. The van der Waals surface area contributed by atoms with Crippen molar-refractivity contribution in [2.24, 2.45) is 0 Å². The average Bonchev–Trinajstić information content (AvgIpc) is 2.54. The van der Waals surface area contributed by atoms with Crippen molar-refractivity contribution in [1.82, 2.24) is 15.1 Å². The number of nitrogens with zero attached hydrogens (tertiary/aromatic N) is 2. The lowest BCUT2D eigenvalue weighted by Gasteiger charge is -2.50. The summed E-state index contributed by atoms with van der Waals surface area (Å²) in [7, 11) is 2.01. The van der Waals surface area contributed by atoms with Gasteiger partial charge in [0.1, 0.15) is 0 Å². The Balaban J connectivity index is 1.61. The van der Waals surface area contributed by atoms with Crippen molar-refractivity contribution in [3.8, 4) is 0 Å². The van der Waals surface area contributed by atoms with Gasteiger partial charge in [0, 0.05) is 37.3 Å². The molecule has 116 valence electrons. The van der Waals surface area contributed by atoms with Crippen LogP contribution in [-0.2, 0) is 0 Å². The Morgan fingerprint density at radius 1 is 1.05 bits per heavy atom. The summed E-state index contributed by atoms with van der Waals surface area (Å²) in [5.41, 5.74) is -0.0212. The van der Waals surface area contributed by atoms with Crippen LogP contribution in [0, 0.1) is 0 Å². The summed E-state index contributed by atoms with van der Waals surface area (Å²) < 4.78 is 0. The quantitative estimate of drug-likeness (QED) is 0.811. The molecule has 3 atom stereocenters. The van der Waals surface area contributed by atoms with Crippen molar-refractivity contribution < 1.29 is 5.11 Å². The molecule has 2 N–H and O–H groups in total. The van der Waals surface area contributed by atoms with Crippen molar-refractivity contribution in [2.75, 3.05) is 39.8 Å². The first-order valence-electron chi connectivity index (χ1n) is 8.54. The second-order valence-electron chi connectivity index (χ2n) is 7.12. The van der Waals surface area contributed by atoms with Crippen molar-refractivity contribution in [2.45, 2.75) is 62.6 Å². The molecular formula is C16H31N3O. The van der Waals surface area contributed by atoms with Gasteiger partial charge in [0.15, 0.2) is 0 Å². The molecule has 2 heterocycles. The first-order valence-corrected chi connectivity index (χ1v) is 8.54. The zero-order valence-electron chi connectivity index (χ0n) is 13.0. The van der Waals surface area contributed by atoms with E-state index in [1.165, 1.54) is 58.3 Å². The molecule has 0 bridgehead atoms. The molecule has 3 unspecified atom stereocenters. The van der Waals surface area contributed by atoms with Gasteiger partial charge in [-0.3, -0.25) is 9.80 Å². The lowest BCUT2D eigenvalue weighted by Crippen LogP contribution is -2.60. The number of piperidine rings is 1. The van der Waals surface area contributed by atoms with Crippen LogP contribution in [0.2, 0.25) is 0 Å². The number of aliphatic hydroxyl groups excluding tert-OH is 1. The van der Waals surface area contributed by atoms with Gasteiger partial charge in [-0.2, -0.15) is 0 Å². The Kier molecular flexibility index (Phi) is 4.65. The number of likely N-dealkylation sites (N-methyl/N-ethyl adjacent to an activating group) is 1. The highest BCUT2D eigenvalue weighted by Gasteiger charge is 2.39. The van der Waals surface area contributed by atoms with Crippen molar-refractivity contribution in [3.63, 3.8) is 0 Å². The number of piperazine rings is 1. The van der Waals surface area contributed by atoms with E-state index >= 15 is 0 Å². The monoisotopic (exact) mass is 281 g/mol. The maximum atomic E-state index is 9.76. The van der Waals surface area contributed by atoms with Crippen LogP contribution < -0.4 is 5.32 Å². The predicted octanol–water partition coefficient (Wildman–Crippen LogP) is 1.05. The van der Waals surface area contributed by atoms with Gasteiger partial charge in [-0.1, -0.05) is 6.42 Å². The molecule has 3 rings (SSSR count). The van der Waals surface area contributed by atoms with E-state index in [2.05, 4.69) is 15.1 Å². The molecular weight excluding hydrogens is 250 g/mol. The van der Waals surface area contributed by atoms with E-state index in [9.17, 15) is 5.11 Å². The number of rotatable bonds is 3. The molecule has 20 heavy (non-hydrogen) atoms. The molecule has 0 radical (unpaired) electrons. The minimum absolute atomic E-state index is 0.0212. The summed E-state index contributed by atoms with van der Waals surface area (Å²) in [6, 6.07) is 1.48. The molecule has 1 aliphatic carbocycles. The highest BCUT2D eigenvalue weighted by Crippen LogP contribution is 2.33. The van der Waals surface area contributed by atoms with Crippen molar-refractivity contribution in [1.29, 1.82) is 0 Å². The molecule has 0 amide bonds. The summed E-state index contributed by atoms with van der Waals surface area (Å²) in [6.45, 7) is 5.35. The number of aliphatic hydroxyl groups is 1. The molecule has 3 aliphatic rings. The Hall–Kier alpha value is -0.160. The number of hydrogen-bond acceptors (Lipinski definition) is 4. The van der Waals surface area contributed by atoms with Crippen LogP contribution in [0.3, 0.4) is 0 Å². The topological polar surface area (TPSA) is 38.7 Å². The smallest absolute Gasteiger partial charge is 0.0613 e. The number of fused-ring (bicyclic) bond motifs is 1. The molecule has 2 aliphatic heterocycles. The van der Waals surface area contributed by atoms with Crippen LogP contribution in [-0.4, -0.2) is 72.4 Å². The van der Waals surface area contributed by atoms with E-state index in [1.54, 1.807) is 0 Å². The van der Waals surface area contributed by atoms with E-state index in [1.807, 2.05) is 7.05 Å². The fourth-order valence-corrected chi connectivity index (χ4v) is 4.60. The van der Waals surface area contributed by atoms with Crippen LogP contribution in [0.4, 0.5) is 0 Å². The minimum atomic E-state index is -0.0212. The van der Waals surface area contributed by atoms with Gasteiger partial charge in [0.05, 0.1) is 6.61 Å². The van der Waals surface area contributed by atoms with E-state index in [0.29, 0.717) is 6.04 Å². The largest absolute Gasteiger partial charge is 0.394 e. The zero-order chi connectivity index (χ0) is 14.0. The highest BCUT2D eigenvalue weighted by atomic mass is 16.3.